The monoisotopic (exact) mass is 250 g/mol. The van der Waals surface area contributed by atoms with E-state index in [9.17, 15) is 14.0 Å². The second-order valence-corrected chi connectivity index (χ2v) is 3.53. The summed E-state index contributed by atoms with van der Waals surface area (Å²) in [5.74, 6) is -1.10. The van der Waals surface area contributed by atoms with Crippen LogP contribution in [0.25, 0.3) is 6.08 Å². The van der Waals surface area contributed by atoms with Gasteiger partial charge >= 0.3 is 0 Å². The van der Waals surface area contributed by atoms with Crippen molar-refractivity contribution in [3.05, 3.63) is 41.7 Å². The predicted molar refractivity (Wildman–Crippen MR) is 67.1 cm³/mol. The Balaban J connectivity index is 2.45. The smallest absolute Gasteiger partial charge is 0.244 e. The zero-order chi connectivity index (χ0) is 13.4. The molecule has 0 unspecified atom stereocenters. The summed E-state index contributed by atoms with van der Waals surface area (Å²) < 4.78 is 13.2. The van der Waals surface area contributed by atoms with E-state index in [1.807, 2.05) is 0 Å². The summed E-state index contributed by atoms with van der Waals surface area (Å²) in [6.07, 6.45) is 2.56. The third-order valence-corrected chi connectivity index (χ3v) is 2.12. The van der Waals surface area contributed by atoms with Crippen LogP contribution in [0.5, 0.6) is 0 Å². The van der Waals surface area contributed by atoms with E-state index in [0.717, 1.165) is 0 Å². The summed E-state index contributed by atoms with van der Waals surface area (Å²) in [5.41, 5.74) is 0.325. The summed E-state index contributed by atoms with van der Waals surface area (Å²) in [6.45, 7) is 2.21. The highest BCUT2D eigenvalue weighted by Gasteiger charge is 2.01. The molecule has 2 amide bonds. The molecule has 0 saturated heterocycles. The number of amides is 2. The number of halogens is 1. The van der Waals surface area contributed by atoms with E-state index in [-0.39, 0.29) is 12.5 Å². The van der Waals surface area contributed by atoms with Crippen LogP contribution in [0.1, 0.15) is 12.5 Å². The average Bonchev–Trinajstić information content (AvgIpc) is 2.36. The van der Waals surface area contributed by atoms with Gasteiger partial charge in [-0.25, -0.2) is 4.39 Å². The molecule has 0 fully saturated rings. The number of likely N-dealkylation sites (N-methyl/N-ethyl adjacent to an activating group) is 1. The van der Waals surface area contributed by atoms with Gasteiger partial charge in [-0.2, -0.15) is 0 Å². The fourth-order valence-corrected chi connectivity index (χ4v) is 1.26. The molecule has 0 aliphatic rings. The Kier molecular flexibility index (Phi) is 5.57. The maximum Gasteiger partial charge on any atom is 0.244 e. The first kappa shape index (κ1) is 13.9. The second kappa shape index (κ2) is 7.21. The van der Waals surface area contributed by atoms with Crippen LogP contribution in [0, 0.1) is 5.82 Å². The van der Waals surface area contributed by atoms with Crippen molar-refractivity contribution >= 4 is 17.9 Å². The number of rotatable bonds is 5. The van der Waals surface area contributed by atoms with Gasteiger partial charge < -0.3 is 10.6 Å². The second-order valence-electron chi connectivity index (χ2n) is 3.53. The highest BCUT2D eigenvalue weighted by atomic mass is 19.1. The Hall–Kier alpha value is -2.17. The predicted octanol–water partition coefficient (Wildman–Crippen LogP) is 1.09. The van der Waals surface area contributed by atoms with Crippen LogP contribution in [0.2, 0.25) is 0 Å². The van der Waals surface area contributed by atoms with Gasteiger partial charge in [0.2, 0.25) is 11.8 Å². The normalized spacial score (nSPS) is 10.3. The van der Waals surface area contributed by atoms with Gasteiger partial charge in [-0.15, -0.1) is 0 Å². The maximum atomic E-state index is 13.2. The molecule has 18 heavy (non-hydrogen) atoms. The highest BCUT2D eigenvalue weighted by Crippen LogP contribution is 2.07. The summed E-state index contributed by atoms with van der Waals surface area (Å²) in [4.78, 5) is 22.4. The zero-order valence-corrected chi connectivity index (χ0v) is 10.1. The average molecular weight is 250 g/mol. The van der Waals surface area contributed by atoms with Crippen LogP contribution in [0.15, 0.2) is 30.3 Å². The third-order valence-electron chi connectivity index (χ3n) is 2.12. The Labute approximate surface area is 105 Å². The molecular formula is C13H15FN2O2. The third kappa shape index (κ3) is 4.78. The van der Waals surface area contributed by atoms with Gasteiger partial charge in [0.1, 0.15) is 5.82 Å². The van der Waals surface area contributed by atoms with Crippen LogP contribution < -0.4 is 10.6 Å². The lowest BCUT2D eigenvalue weighted by molar-refractivity contribution is -0.123. The standard InChI is InChI=1S/C13H15FN2O2/c1-2-15-13(18)9-16-12(17)8-7-10-5-3-4-6-11(10)14/h3-8H,2,9H2,1H3,(H,15,18)(H,16,17)/b8-7+. The summed E-state index contributed by atoms with van der Waals surface area (Å²) in [7, 11) is 0. The molecule has 0 spiro atoms. The van der Waals surface area contributed by atoms with Crippen molar-refractivity contribution in [2.45, 2.75) is 6.92 Å². The fourth-order valence-electron chi connectivity index (χ4n) is 1.26. The molecule has 0 bridgehead atoms. The molecule has 0 radical (unpaired) electrons. The summed E-state index contributed by atoms with van der Waals surface area (Å²) in [5, 5.41) is 4.94. The zero-order valence-electron chi connectivity index (χ0n) is 10.1. The lowest BCUT2D eigenvalue weighted by atomic mass is 10.2. The molecule has 0 aliphatic carbocycles. The minimum Gasteiger partial charge on any atom is -0.355 e. The number of carbonyl (C=O) groups excluding carboxylic acids is 2. The molecule has 1 aromatic rings. The van der Waals surface area contributed by atoms with Crippen LogP contribution in [-0.2, 0) is 9.59 Å². The van der Waals surface area contributed by atoms with E-state index in [1.54, 1.807) is 25.1 Å². The molecule has 96 valence electrons. The minimum absolute atomic E-state index is 0.0890. The summed E-state index contributed by atoms with van der Waals surface area (Å²) >= 11 is 0. The van der Waals surface area contributed by atoms with Crippen molar-refractivity contribution in [1.82, 2.24) is 10.6 Å². The van der Waals surface area contributed by atoms with Gasteiger partial charge in [0.05, 0.1) is 6.54 Å². The van der Waals surface area contributed by atoms with Crippen LogP contribution in [0.3, 0.4) is 0 Å². The molecule has 0 saturated carbocycles. The summed E-state index contributed by atoms with van der Waals surface area (Å²) in [6, 6.07) is 6.12. The molecule has 4 nitrogen and oxygen atoms in total. The number of hydrogen-bond donors (Lipinski definition) is 2. The first-order valence-electron chi connectivity index (χ1n) is 5.60. The number of benzene rings is 1. The molecule has 0 aliphatic heterocycles. The number of nitrogens with one attached hydrogen (secondary N) is 2. The Morgan fingerprint density at radius 2 is 2.00 bits per heavy atom. The topological polar surface area (TPSA) is 58.2 Å². The van der Waals surface area contributed by atoms with Crippen molar-refractivity contribution in [2.75, 3.05) is 13.1 Å². The molecule has 0 heterocycles. The molecule has 1 rings (SSSR count). The SMILES string of the molecule is CCNC(=O)CNC(=O)/C=C/c1ccccc1F. The molecule has 2 N–H and O–H groups in total. The minimum atomic E-state index is -0.440. The lowest BCUT2D eigenvalue weighted by Gasteiger charge is -2.02. The Morgan fingerprint density at radius 3 is 2.67 bits per heavy atom. The first-order valence-corrected chi connectivity index (χ1v) is 5.60. The lowest BCUT2D eigenvalue weighted by Crippen LogP contribution is -2.36. The highest BCUT2D eigenvalue weighted by molar-refractivity contribution is 5.94. The van der Waals surface area contributed by atoms with E-state index in [1.165, 1.54) is 18.2 Å². The van der Waals surface area contributed by atoms with Gasteiger partial charge in [-0.1, -0.05) is 18.2 Å². The van der Waals surface area contributed by atoms with Crippen molar-refractivity contribution in [1.29, 1.82) is 0 Å². The quantitative estimate of drug-likeness (QED) is 0.769. The van der Waals surface area contributed by atoms with Crippen molar-refractivity contribution in [3.63, 3.8) is 0 Å². The van der Waals surface area contributed by atoms with Crippen molar-refractivity contribution in [2.24, 2.45) is 0 Å². The van der Waals surface area contributed by atoms with E-state index >= 15 is 0 Å². The van der Waals surface area contributed by atoms with Gasteiger partial charge in [0, 0.05) is 18.2 Å². The van der Waals surface area contributed by atoms with Gasteiger partial charge in [-0.3, -0.25) is 9.59 Å². The largest absolute Gasteiger partial charge is 0.355 e. The van der Waals surface area contributed by atoms with Crippen LogP contribution in [-0.4, -0.2) is 24.9 Å². The van der Waals surface area contributed by atoms with Crippen LogP contribution >= 0.6 is 0 Å². The molecule has 1 aromatic carbocycles. The van der Waals surface area contributed by atoms with Gasteiger partial charge in [0.15, 0.2) is 0 Å². The van der Waals surface area contributed by atoms with Crippen LogP contribution in [0.4, 0.5) is 4.39 Å². The molecular weight excluding hydrogens is 235 g/mol. The van der Waals surface area contributed by atoms with E-state index in [4.69, 9.17) is 0 Å². The first-order chi connectivity index (χ1) is 8.63. The number of carbonyl (C=O) groups is 2. The molecule has 0 aromatic heterocycles. The van der Waals surface area contributed by atoms with Crippen molar-refractivity contribution < 1.29 is 14.0 Å². The fraction of sp³-hybridized carbons (Fsp3) is 0.231. The Morgan fingerprint density at radius 1 is 1.28 bits per heavy atom. The van der Waals surface area contributed by atoms with E-state index in [0.29, 0.717) is 12.1 Å². The Bertz CT molecular complexity index is 458. The molecule has 5 heteroatoms. The van der Waals surface area contributed by atoms with E-state index in [2.05, 4.69) is 10.6 Å². The van der Waals surface area contributed by atoms with Crippen molar-refractivity contribution in [3.8, 4) is 0 Å². The van der Waals surface area contributed by atoms with Gasteiger partial charge in [0.25, 0.3) is 0 Å². The molecule has 0 atom stereocenters. The number of hydrogen-bond acceptors (Lipinski definition) is 2. The van der Waals surface area contributed by atoms with E-state index < -0.39 is 11.7 Å². The van der Waals surface area contributed by atoms with Gasteiger partial charge in [-0.05, 0) is 19.1 Å². The maximum absolute atomic E-state index is 13.2.